The predicted molar refractivity (Wildman–Crippen MR) is 83.4 cm³/mol. The average Bonchev–Trinajstić information content (AvgIpc) is 3.22. The van der Waals surface area contributed by atoms with Crippen LogP contribution in [0.1, 0.15) is 66.6 Å². The first-order chi connectivity index (χ1) is 11.5. The molecule has 0 aromatic carbocycles. The zero-order chi connectivity index (χ0) is 17.1. The van der Waals surface area contributed by atoms with Gasteiger partial charge in [-0.2, -0.15) is 4.98 Å². The van der Waals surface area contributed by atoms with E-state index in [1.165, 1.54) is 0 Å². The van der Waals surface area contributed by atoms with Crippen molar-refractivity contribution in [2.75, 3.05) is 13.2 Å². The molecule has 0 unspecified atom stereocenters. The molecule has 0 spiro atoms. The van der Waals surface area contributed by atoms with Crippen LogP contribution in [0.15, 0.2) is 15.1 Å². The molecule has 8 nitrogen and oxygen atoms in total. The summed E-state index contributed by atoms with van der Waals surface area (Å²) >= 11 is 0. The molecule has 1 atom stereocenters. The zero-order valence-corrected chi connectivity index (χ0v) is 14.1. The summed E-state index contributed by atoms with van der Waals surface area (Å²) in [5.41, 5.74) is 0.256. The van der Waals surface area contributed by atoms with Crippen molar-refractivity contribution in [2.24, 2.45) is 5.92 Å². The molecule has 3 heterocycles. The maximum absolute atomic E-state index is 12.6. The quantitative estimate of drug-likeness (QED) is 0.895. The lowest BCUT2D eigenvalue weighted by Crippen LogP contribution is -2.36. The molecular weight excluding hydrogens is 312 g/mol. The molecule has 24 heavy (non-hydrogen) atoms. The molecule has 3 rings (SSSR count). The van der Waals surface area contributed by atoms with Gasteiger partial charge in [0.2, 0.25) is 5.89 Å². The van der Waals surface area contributed by atoms with Crippen molar-refractivity contribution in [3.8, 4) is 0 Å². The van der Waals surface area contributed by atoms with E-state index in [0.29, 0.717) is 30.7 Å². The molecule has 1 saturated heterocycles. The van der Waals surface area contributed by atoms with Crippen molar-refractivity contribution in [3.63, 3.8) is 0 Å². The summed E-state index contributed by atoms with van der Waals surface area (Å²) in [5, 5.41) is 10.7. The van der Waals surface area contributed by atoms with Gasteiger partial charge in [0.15, 0.2) is 11.5 Å². The topological polar surface area (TPSA) is 103 Å². The first-order valence-electron chi connectivity index (χ1n) is 8.20. The van der Waals surface area contributed by atoms with Gasteiger partial charge in [-0.25, -0.2) is 0 Å². The summed E-state index contributed by atoms with van der Waals surface area (Å²) in [6.07, 6.45) is 1.64. The molecule has 0 saturated carbocycles. The summed E-state index contributed by atoms with van der Waals surface area (Å²) in [5.74, 6) is 1.68. The van der Waals surface area contributed by atoms with Crippen LogP contribution in [0.3, 0.4) is 0 Å². The number of aromatic nitrogens is 3. The minimum Gasteiger partial charge on any atom is -0.381 e. The number of hydrogen-bond donors (Lipinski definition) is 1. The molecule has 0 aliphatic carbocycles. The smallest absolute Gasteiger partial charge is 0.274 e. The number of nitrogens with zero attached hydrogens (tertiary/aromatic N) is 3. The number of carbonyl (C=O) groups is 1. The first-order valence-corrected chi connectivity index (χ1v) is 8.20. The fraction of sp³-hybridized carbons (Fsp3) is 0.625. The Hall–Kier alpha value is -2.22. The molecule has 1 amide bonds. The van der Waals surface area contributed by atoms with Crippen molar-refractivity contribution < 1.29 is 18.6 Å². The molecule has 0 radical (unpaired) electrons. The van der Waals surface area contributed by atoms with Gasteiger partial charge in [0.05, 0.1) is 0 Å². The van der Waals surface area contributed by atoms with E-state index in [4.69, 9.17) is 13.8 Å². The van der Waals surface area contributed by atoms with E-state index in [-0.39, 0.29) is 29.5 Å². The van der Waals surface area contributed by atoms with Crippen molar-refractivity contribution >= 4 is 5.91 Å². The highest BCUT2D eigenvalue weighted by molar-refractivity contribution is 5.92. The second-order valence-corrected chi connectivity index (χ2v) is 6.35. The lowest BCUT2D eigenvalue weighted by atomic mass is 9.91. The van der Waals surface area contributed by atoms with Crippen LogP contribution >= 0.6 is 0 Å². The molecule has 1 aliphatic rings. The second kappa shape index (κ2) is 7.12. The number of hydrogen-bond acceptors (Lipinski definition) is 7. The van der Waals surface area contributed by atoms with E-state index >= 15 is 0 Å². The Bertz CT molecular complexity index is 688. The summed E-state index contributed by atoms with van der Waals surface area (Å²) in [6.45, 7) is 7.03. The Labute approximate surface area is 139 Å². The van der Waals surface area contributed by atoms with Gasteiger partial charge in [0.1, 0.15) is 11.8 Å². The Morgan fingerprint density at radius 1 is 1.25 bits per heavy atom. The Morgan fingerprint density at radius 3 is 2.58 bits per heavy atom. The van der Waals surface area contributed by atoms with E-state index in [1.807, 2.05) is 13.8 Å². The van der Waals surface area contributed by atoms with Gasteiger partial charge in [0.25, 0.3) is 5.91 Å². The first kappa shape index (κ1) is 16.6. The number of aryl methyl sites for hydroxylation is 1. The molecule has 8 heteroatoms. The third-order valence-corrected chi connectivity index (χ3v) is 4.16. The Balaban J connectivity index is 1.78. The summed E-state index contributed by atoms with van der Waals surface area (Å²) < 4.78 is 15.9. The molecule has 1 fully saturated rings. The van der Waals surface area contributed by atoms with Crippen molar-refractivity contribution in [1.29, 1.82) is 0 Å². The minimum absolute atomic E-state index is 0.170. The monoisotopic (exact) mass is 334 g/mol. The number of nitrogens with one attached hydrogen (secondary N) is 1. The summed E-state index contributed by atoms with van der Waals surface area (Å²) in [6, 6.07) is 1.31. The van der Waals surface area contributed by atoms with Crippen LogP contribution in [-0.2, 0) is 4.74 Å². The van der Waals surface area contributed by atoms with Crippen molar-refractivity contribution in [1.82, 2.24) is 20.6 Å². The number of ether oxygens (including phenoxy) is 1. The molecule has 1 N–H and O–H groups in total. The van der Waals surface area contributed by atoms with Crippen LogP contribution in [0.25, 0.3) is 0 Å². The Morgan fingerprint density at radius 2 is 2.00 bits per heavy atom. The lowest BCUT2D eigenvalue weighted by Gasteiger charge is -2.28. The molecule has 0 bridgehead atoms. The molecule has 1 aliphatic heterocycles. The number of rotatable bonds is 5. The van der Waals surface area contributed by atoms with Crippen molar-refractivity contribution in [3.05, 3.63) is 29.2 Å². The van der Waals surface area contributed by atoms with Gasteiger partial charge < -0.3 is 19.1 Å². The van der Waals surface area contributed by atoms with Crippen LogP contribution in [0.5, 0.6) is 0 Å². The van der Waals surface area contributed by atoms with Crippen LogP contribution in [-0.4, -0.2) is 34.4 Å². The average molecular weight is 334 g/mol. The summed E-state index contributed by atoms with van der Waals surface area (Å²) in [4.78, 5) is 16.8. The molecule has 2 aromatic heterocycles. The van der Waals surface area contributed by atoms with Crippen LogP contribution in [0.4, 0.5) is 0 Å². The van der Waals surface area contributed by atoms with E-state index in [0.717, 1.165) is 12.8 Å². The normalized spacial score (nSPS) is 17.2. The molecule has 2 aromatic rings. The maximum Gasteiger partial charge on any atom is 0.274 e. The standard InChI is InChI=1S/C16H22N4O4/c1-9(2)13-8-12(20-23-13)15(21)18-14(11-4-6-22-7-5-11)16-17-10(3)19-24-16/h8-9,11,14H,4-7H2,1-3H3,(H,18,21)/t14-/m1/s1. The largest absolute Gasteiger partial charge is 0.381 e. The van der Waals surface area contributed by atoms with E-state index in [2.05, 4.69) is 20.6 Å². The van der Waals surface area contributed by atoms with E-state index in [9.17, 15) is 4.79 Å². The third-order valence-electron chi connectivity index (χ3n) is 4.16. The van der Waals surface area contributed by atoms with E-state index < -0.39 is 0 Å². The predicted octanol–water partition coefficient (Wildman–Crippen LogP) is 2.39. The highest BCUT2D eigenvalue weighted by atomic mass is 16.5. The van der Waals surface area contributed by atoms with Gasteiger partial charge in [0, 0.05) is 25.2 Å². The fourth-order valence-electron chi connectivity index (χ4n) is 2.75. The van der Waals surface area contributed by atoms with Crippen LogP contribution in [0, 0.1) is 12.8 Å². The van der Waals surface area contributed by atoms with Gasteiger partial charge in [-0.1, -0.05) is 24.2 Å². The molecule has 130 valence electrons. The van der Waals surface area contributed by atoms with Gasteiger partial charge in [-0.15, -0.1) is 0 Å². The zero-order valence-electron chi connectivity index (χ0n) is 14.1. The van der Waals surface area contributed by atoms with Gasteiger partial charge in [-0.05, 0) is 25.7 Å². The summed E-state index contributed by atoms with van der Waals surface area (Å²) in [7, 11) is 0. The van der Waals surface area contributed by atoms with Gasteiger partial charge >= 0.3 is 0 Å². The highest BCUT2D eigenvalue weighted by Gasteiger charge is 2.32. The van der Waals surface area contributed by atoms with Gasteiger partial charge in [-0.3, -0.25) is 4.79 Å². The van der Waals surface area contributed by atoms with E-state index in [1.54, 1.807) is 13.0 Å². The van der Waals surface area contributed by atoms with Crippen LogP contribution in [0.2, 0.25) is 0 Å². The maximum atomic E-state index is 12.6. The number of carbonyl (C=O) groups excluding carboxylic acids is 1. The van der Waals surface area contributed by atoms with Crippen LogP contribution < -0.4 is 5.32 Å². The highest BCUT2D eigenvalue weighted by Crippen LogP contribution is 2.29. The Kier molecular flexibility index (Phi) is 4.94. The lowest BCUT2D eigenvalue weighted by molar-refractivity contribution is 0.0466. The van der Waals surface area contributed by atoms with Crippen molar-refractivity contribution in [2.45, 2.75) is 45.6 Å². The minimum atomic E-state index is -0.359. The molecular formula is C16H22N4O4. The number of amides is 1. The SMILES string of the molecule is Cc1noc([C@H](NC(=O)c2cc(C(C)C)on2)C2CCOCC2)n1. The fourth-order valence-corrected chi connectivity index (χ4v) is 2.75. The second-order valence-electron chi connectivity index (χ2n) is 6.35. The third kappa shape index (κ3) is 3.64.